The van der Waals surface area contributed by atoms with Crippen LogP contribution in [0, 0.1) is 34.5 Å². The van der Waals surface area contributed by atoms with Crippen LogP contribution in [0.4, 0.5) is 0 Å². The van der Waals surface area contributed by atoms with Gasteiger partial charge < -0.3 is 14.9 Å². The number of hydrogen-bond acceptors (Lipinski definition) is 5. The second-order valence-corrected chi connectivity index (χ2v) is 10.9. The Balaban J connectivity index is 1.70. The zero-order valence-electron chi connectivity index (χ0n) is 18.9. The Morgan fingerprint density at radius 2 is 2.03 bits per heavy atom. The Kier molecular flexibility index (Phi) is 5.19. The summed E-state index contributed by atoms with van der Waals surface area (Å²) in [6, 6.07) is 0. The Labute approximate surface area is 179 Å². The van der Waals surface area contributed by atoms with E-state index in [4.69, 9.17) is 4.74 Å². The van der Waals surface area contributed by atoms with E-state index in [2.05, 4.69) is 6.92 Å². The van der Waals surface area contributed by atoms with Crippen LogP contribution in [0.15, 0.2) is 23.8 Å². The minimum atomic E-state index is -1.49. The largest absolute Gasteiger partial charge is 0.393 e. The monoisotopic (exact) mass is 416 g/mol. The van der Waals surface area contributed by atoms with E-state index >= 15 is 0 Å². The van der Waals surface area contributed by atoms with Crippen molar-refractivity contribution in [1.82, 2.24) is 0 Å². The fourth-order valence-corrected chi connectivity index (χ4v) is 7.61. The standard InChI is InChI=1S/C25H36O5/c1-14(2)30-13-21(28)25(29)15(3)10-19-18-7-6-16-11-17(26)8-9-23(16,4)22(18)20(27)12-24(19,25)5/h8-9,11,14-15,18-20,22,27,29H,6-7,10,12-13H2,1-5H3/t15-,18+,19+,20+,22-,23+,24+,25+/m1/s1. The lowest BCUT2D eigenvalue weighted by Crippen LogP contribution is -2.62. The van der Waals surface area contributed by atoms with Gasteiger partial charge in [0, 0.05) is 16.7 Å². The molecule has 4 aliphatic carbocycles. The lowest BCUT2D eigenvalue weighted by Gasteiger charge is -2.59. The zero-order valence-corrected chi connectivity index (χ0v) is 18.9. The zero-order chi connectivity index (χ0) is 22.1. The van der Waals surface area contributed by atoms with Crippen LogP contribution < -0.4 is 0 Å². The molecule has 0 aliphatic heterocycles. The van der Waals surface area contributed by atoms with Crippen molar-refractivity contribution in [3.63, 3.8) is 0 Å². The molecule has 4 rings (SSSR count). The molecule has 0 radical (unpaired) electrons. The normalized spacial score (nSPS) is 47.5. The number of allylic oxidation sites excluding steroid dienone is 4. The number of fused-ring (bicyclic) bond motifs is 5. The van der Waals surface area contributed by atoms with Crippen LogP contribution >= 0.6 is 0 Å². The predicted octanol–water partition coefficient (Wildman–Crippen LogP) is 3.24. The molecule has 0 aromatic carbocycles. The summed E-state index contributed by atoms with van der Waals surface area (Å²) in [6.45, 7) is 9.77. The van der Waals surface area contributed by atoms with Crippen molar-refractivity contribution >= 4 is 11.6 Å². The van der Waals surface area contributed by atoms with Crippen LogP contribution in [0.5, 0.6) is 0 Å². The van der Waals surface area contributed by atoms with Crippen LogP contribution in [0.25, 0.3) is 0 Å². The van der Waals surface area contributed by atoms with Gasteiger partial charge in [0.25, 0.3) is 0 Å². The van der Waals surface area contributed by atoms with Crippen molar-refractivity contribution in [2.45, 2.75) is 78.1 Å². The first kappa shape index (κ1) is 21.9. The van der Waals surface area contributed by atoms with Gasteiger partial charge in [-0.25, -0.2) is 0 Å². The van der Waals surface area contributed by atoms with E-state index in [1.54, 1.807) is 12.2 Å². The molecule has 0 unspecified atom stereocenters. The summed E-state index contributed by atoms with van der Waals surface area (Å²) in [5, 5.41) is 23.2. The van der Waals surface area contributed by atoms with E-state index in [1.165, 1.54) is 0 Å². The second-order valence-electron chi connectivity index (χ2n) is 10.9. The number of carbonyl (C=O) groups is 2. The lowest BCUT2D eigenvalue weighted by molar-refractivity contribution is -0.185. The molecular formula is C25H36O5. The van der Waals surface area contributed by atoms with Gasteiger partial charge in [-0.1, -0.05) is 32.4 Å². The molecule has 2 N–H and O–H groups in total. The van der Waals surface area contributed by atoms with Crippen LogP contribution in [0.1, 0.15) is 60.3 Å². The molecular weight excluding hydrogens is 380 g/mol. The molecule has 30 heavy (non-hydrogen) atoms. The number of ketones is 2. The van der Waals surface area contributed by atoms with Crippen molar-refractivity contribution < 1.29 is 24.5 Å². The van der Waals surface area contributed by atoms with Crippen LogP contribution in [0.3, 0.4) is 0 Å². The van der Waals surface area contributed by atoms with Gasteiger partial charge in [0.05, 0.1) is 12.2 Å². The Bertz CT molecular complexity index is 812. The summed E-state index contributed by atoms with van der Waals surface area (Å²) in [5.41, 5.74) is -1.40. The van der Waals surface area contributed by atoms with Gasteiger partial charge in [0.2, 0.25) is 0 Å². The van der Waals surface area contributed by atoms with E-state index in [9.17, 15) is 19.8 Å². The van der Waals surface area contributed by atoms with Gasteiger partial charge in [-0.05, 0) is 69.4 Å². The van der Waals surface area contributed by atoms with Crippen molar-refractivity contribution in [2.75, 3.05) is 6.61 Å². The number of aliphatic hydroxyl groups is 2. The summed E-state index contributed by atoms with van der Waals surface area (Å²) in [5.74, 6) is -0.0699. The minimum Gasteiger partial charge on any atom is -0.393 e. The second kappa shape index (κ2) is 7.11. The smallest absolute Gasteiger partial charge is 0.190 e. The number of hydrogen-bond donors (Lipinski definition) is 2. The molecule has 166 valence electrons. The summed E-state index contributed by atoms with van der Waals surface area (Å²) >= 11 is 0. The third-order valence-electron chi connectivity index (χ3n) is 9.05. The molecule has 0 heterocycles. The average molecular weight is 417 g/mol. The fourth-order valence-electron chi connectivity index (χ4n) is 7.61. The summed E-state index contributed by atoms with van der Waals surface area (Å²) in [7, 11) is 0. The highest BCUT2D eigenvalue weighted by Crippen LogP contribution is 2.68. The van der Waals surface area contributed by atoms with Gasteiger partial charge in [-0.3, -0.25) is 9.59 Å². The minimum absolute atomic E-state index is 0.00325. The lowest BCUT2D eigenvalue weighted by atomic mass is 9.46. The molecule has 0 aromatic rings. The summed E-state index contributed by atoms with van der Waals surface area (Å²) in [6.07, 6.45) is 7.50. The third-order valence-corrected chi connectivity index (χ3v) is 9.05. The highest BCUT2D eigenvalue weighted by atomic mass is 16.5. The first-order valence-electron chi connectivity index (χ1n) is 11.4. The molecule has 5 nitrogen and oxygen atoms in total. The highest BCUT2D eigenvalue weighted by molar-refractivity contribution is 6.01. The SMILES string of the molecule is CC(C)OCC(=O)[C@@]1(O)[C@H](C)C[C@H]2[C@@H]3CCC4=CC(=O)C=C[C@]4(C)[C@H]3[C@@H](O)C[C@@]21C. The van der Waals surface area contributed by atoms with Crippen LogP contribution in [-0.2, 0) is 14.3 Å². The van der Waals surface area contributed by atoms with Gasteiger partial charge >= 0.3 is 0 Å². The van der Waals surface area contributed by atoms with Crippen molar-refractivity contribution in [2.24, 2.45) is 34.5 Å². The summed E-state index contributed by atoms with van der Waals surface area (Å²) in [4.78, 5) is 25.2. The first-order chi connectivity index (χ1) is 13.9. The molecule has 3 saturated carbocycles. The number of rotatable bonds is 4. The van der Waals surface area contributed by atoms with Crippen molar-refractivity contribution in [3.05, 3.63) is 23.8 Å². The molecule has 0 aromatic heterocycles. The van der Waals surface area contributed by atoms with Gasteiger partial charge in [-0.2, -0.15) is 0 Å². The predicted molar refractivity (Wildman–Crippen MR) is 114 cm³/mol. The van der Waals surface area contributed by atoms with Crippen LogP contribution in [-0.4, -0.2) is 46.2 Å². The van der Waals surface area contributed by atoms with E-state index in [-0.39, 0.29) is 53.4 Å². The number of Topliss-reactive ketones (excluding diaryl/α,β-unsaturated/α-hetero) is 1. The van der Waals surface area contributed by atoms with Gasteiger partial charge in [-0.15, -0.1) is 0 Å². The molecule has 4 aliphatic rings. The third kappa shape index (κ3) is 2.85. The molecule has 0 spiro atoms. The quantitative estimate of drug-likeness (QED) is 0.735. The molecule has 0 bridgehead atoms. The van der Waals surface area contributed by atoms with Crippen molar-refractivity contribution in [3.8, 4) is 0 Å². The average Bonchev–Trinajstić information content (AvgIpc) is 2.87. The van der Waals surface area contributed by atoms with E-state index < -0.39 is 17.1 Å². The highest BCUT2D eigenvalue weighted by Gasteiger charge is 2.70. The van der Waals surface area contributed by atoms with Crippen LogP contribution in [0.2, 0.25) is 0 Å². The molecule has 3 fully saturated rings. The number of aliphatic hydroxyl groups excluding tert-OH is 1. The Hall–Kier alpha value is -1.30. The number of ether oxygens (including phenoxy) is 1. The van der Waals surface area contributed by atoms with E-state index in [0.717, 1.165) is 24.8 Å². The number of carbonyl (C=O) groups excluding carboxylic acids is 2. The maximum absolute atomic E-state index is 13.2. The van der Waals surface area contributed by atoms with E-state index in [0.29, 0.717) is 6.42 Å². The topological polar surface area (TPSA) is 83.8 Å². The van der Waals surface area contributed by atoms with Crippen molar-refractivity contribution in [1.29, 1.82) is 0 Å². The van der Waals surface area contributed by atoms with Gasteiger partial charge in [0.1, 0.15) is 12.2 Å². The summed E-state index contributed by atoms with van der Waals surface area (Å²) < 4.78 is 5.56. The maximum Gasteiger partial charge on any atom is 0.190 e. The molecule has 0 amide bonds. The Morgan fingerprint density at radius 1 is 1.33 bits per heavy atom. The van der Waals surface area contributed by atoms with Gasteiger partial charge in [0.15, 0.2) is 11.6 Å². The molecule has 5 heteroatoms. The van der Waals surface area contributed by atoms with E-state index in [1.807, 2.05) is 33.8 Å². The first-order valence-corrected chi connectivity index (χ1v) is 11.4. The maximum atomic E-state index is 13.2. The Morgan fingerprint density at radius 3 is 2.70 bits per heavy atom. The molecule has 8 atom stereocenters. The fraction of sp³-hybridized carbons (Fsp3) is 0.760. The molecule has 0 saturated heterocycles.